The molecule has 0 amide bonds. The lowest BCUT2D eigenvalue weighted by molar-refractivity contribution is -0.304. The molecule has 5 nitrogen and oxygen atoms in total. The lowest BCUT2D eigenvalue weighted by atomic mass is 10.0. The highest BCUT2D eigenvalue weighted by atomic mass is 35.5. The molecule has 110 valence electrons. The molecule has 0 aliphatic carbocycles. The van der Waals surface area contributed by atoms with Gasteiger partial charge >= 0.3 is 0 Å². The minimum Gasteiger partial charge on any atom is -0.550 e. The minimum atomic E-state index is -1.25. The molecular formula is C16H10ClN2O3-. The zero-order valence-corrected chi connectivity index (χ0v) is 12.1. The molecule has 0 aliphatic rings. The summed E-state index contributed by atoms with van der Waals surface area (Å²) in [6.07, 6.45) is 2.66. The van der Waals surface area contributed by atoms with Crippen LogP contribution in [0.4, 0.5) is 0 Å². The Morgan fingerprint density at radius 2 is 1.91 bits per heavy atom. The van der Waals surface area contributed by atoms with E-state index in [1.165, 1.54) is 12.4 Å². The van der Waals surface area contributed by atoms with Gasteiger partial charge < -0.3 is 14.9 Å². The minimum absolute atomic E-state index is 0.229. The lowest BCUT2D eigenvalue weighted by Gasteiger charge is -2.05. The summed E-state index contributed by atoms with van der Waals surface area (Å²) < 4.78 is 0. The number of nitrogens with zero attached hydrogens (tertiary/aromatic N) is 1. The number of hydrogen-bond acceptors (Lipinski definition) is 4. The normalized spacial score (nSPS) is 10.8. The summed E-state index contributed by atoms with van der Waals surface area (Å²) in [5, 5.41) is 12.2. The van der Waals surface area contributed by atoms with Crippen LogP contribution in [0.15, 0.2) is 42.7 Å². The summed E-state index contributed by atoms with van der Waals surface area (Å²) in [6, 6.07) is 8.14. The van der Waals surface area contributed by atoms with Crippen LogP contribution in [0.2, 0.25) is 5.02 Å². The topological polar surface area (TPSA) is 85.9 Å². The molecule has 2 heterocycles. The molecule has 0 fully saturated rings. The molecule has 2 aromatic heterocycles. The highest BCUT2D eigenvalue weighted by molar-refractivity contribution is 6.31. The number of benzene rings is 1. The number of aliphatic carboxylic acids is 1. The first kappa shape index (κ1) is 14.3. The number of hydrogen-bond donors (Lipinski definition) is 1. The van der Waals surface area contributed by atoms with Crippen LogP contribution >= 0.6 is 11.6 Å². The van der Waals surface area contributed by atoms with Gasteiger partial charge in [-0.05, 0) is 29.8 Å². The van der Waals surface area contributed by atoms with Crippen molar-refractivity contribution in [2.75, 3.05) is 0 Å². The largest absolute Gasteiger partial charge is 0.550 e. The van der Waals surface area contributed by atoms with Crippen molar-refractivity contribution in [2.24, 2.45) is 0 Å². The van der Waals surface area contributed by atoms with Gasteiger partial charge in [0.15, 0.2) is 0 Å². The molecule has 0 atom stereocenters. The van der Waals surface area contributed by atoms with Gasteiger partial charge in [-0.3, -0.25) is 9.78 Å². The van der Waals surface area contributed by atoms with Gasteiger partial charge in [-0.15, -0.1) is 0 Å². The molecule has 1 N–H and O–H groups in total. The Morgan fingerprint density at radius 3 is 2.59 bits per heavy atom. The van der Waals surface area contributed by atoms with Crippen molar-refractivity contribution in [3.8, 4) is 0 Å². The third-order valence-corrected chi connectivity index (χ3v) is 3.59. The Hall–Kier alpha value is -2.66. The SMILES string of the molecule is O=C([O-])Cc1c(C(=O)c2ccncc2)[nH]c2cc(Cl)ccc12. The zero-order valence-electron chi connectivity index (χ0n) is 11.3. The first-order chi connectivity index (χ1) is 10.6. The number of H-pyrrole nitrogens is 1. The summed E-state index contributed by atoms with van der Waals surface area (Å²) >= 11 is 5.94. The van der Waals surface area contributed by atoms with Gasteiger partial charge in [0.05, 0.1) is 5.69 Å². The molecule has 0 saturated heterocycles. The standard InChI is InChI=1S/C16H11ClN2O3/c17-10-1-2-11-12(8-14(20)21)15(19-13(11)7-10)16(22)9-3-5-18-6-4-9/h1-7,19H,8H2,(H,20,21)/p-1. The molecule has 0 aliphatic heterocycles. The average Bonchev–Trinajstić information content (AvgIpc) is 2.84. The lowest BCUT2D eigenvalue weighted by Crippen LogP contribution is -2.25. The van der Waals surface area contributed by atoms with Gasteiger partial charge in [0.25, 0.3) is 0 Å². The van der Waals surface area contributed by atoms with Gasteiger partial charge in [0.1, 0.15) is 0 Å². The maximum Gasteiger partial charge on any atom is 0.209 e. The van der Waals surface area contributed by atoms with Crippen LogP contribution in [0, 0.1) is 0 Å². The number of nitrogens with one attached hydrogen (secondary N) is 1. The van der Waals surface area contributed by atoms with E-state index in [2.05, 4.69) is 9.97 Å². The fourth-order valence-electron chi connectivity index (χ4n) is 2.40. The predicted octanol–water partition coefficient (Wildman–Crippen LogP) is 1.74. The maximum atomic E-state index is 12.6. The van der Waals surface area contributed by atoms with Crippen LogP contribution in [0.25, 0.3) is 10.9 Å². The Balaban J connectivity index is 2.19. The number of carboxylic acids is 1. The van der Waals surface area contributed by atoms with Gasteiger partial charge in [-0.1, -0.05) is 17.7 Å². The first-order valence-corrected chi connectivity index (χ1v) is 6.88. The number of aromatic nitrogens is 2. The molecule has 0 spiro atoms. The van der Waals surface area contributed by atoms with Crippen molar-refractivity contribution in [3.63, 3.8) is 0 Å². The third kappa shape index (κ3) is 2.58. The predicted molar refractivity (Wildman–Crippen MR) is 79.7 cm³/mol. The smallest absolute Gasteiger partial charge is 0.209 e. The highest BCUT2D eigenvalue weighted by Crippen LogP contribution is 2.27. The molecule has 6 heteroatoms. The van der Waals surface area contributed by atoms with E-state index in [9.17, 15) is 14.7 Å². The van der Waals surface area contributed by atoms with E-state index < -0.39 is 5.97 Å². The summed E-state index contributed by atoms with van der Waals surface area (Å²) in [7, 11) is 0. The number of ketones is 1. The van der Waals surface area contributed by atoms with Crippen LogP contribution in [0.3, 0.4) is 0 Å². The Labute approximate surface area is 130 Å². The van der Waals surface area contributed by atoms with Crippen molar-refractivity contribution in [1.29, 1.82) is 0 Å². The molecule has 3 rings (SSSR count). The number of rotatable bonds is 4. The average molecular weight is 314 g/mol. The van der Waals surface area contributed by atoms with E-state index in [1.54, 1.807) is 30.3 Å². The van der Waals surface area contributed by atoms with Crippen molar-refractivity contribution >= 4 is 34.3 Å². The molecular weight excluding hydrogens is 304 g/mol. The molecule has 3 aromatic rings. The second-order valence-corrected chi connectivity index (χ2v) is 5.22. The fourth-order valence-corrected chi connectivity index (χ4v) is 2.57. The van der Waals surface area contributed by atoms with Gasteiger partial charge in [0, 0.05) is 46.3 Å². The number of carboxylic acid groups (broad SMARTS) is 1. The zero-order chi connectivity index (χ0) is 15.7. The van der Waals surface area contributed by atoms with Crippen molar-refractivity contribution < 1.29 is 14.7 Å². The fraction of sp³-hybridized carbons (Fsp3) is 0.0625. The van der Waals surface area contributed by atoms with Gasteiger partial charge in [-0.25, -0.2) is 0 Å². The van der Waals surface area contributed by atoms with E-state index >= 15 is 0 Å². The molecule has 0 unspecified atom stereocenters. The molecule has 0 radical (unpaired) electrons. The quantitative estimate of drug-likeness (QED) is 0.743. The van der Waals surface area contributed by atoms with Gasteiger partial charge in [0.2, 0.25) is 5.78 Å². The van der Waals surface area contributed by atoms with Crippen LogP contribution in [0.5, 0.6) is 0 Å². The van der Waals surface area contributed by atoms with E-state index in [-0.39, 0.29) is 17.9 Å². The number of carbonyl (C=O) groups is 2. The Kier molecular flexibility index (Phi) is 3.65. The summed E-state index contributed by atoms with van der Waals surface area (Å²) in [5.74, 6) is -1.55. The number of pyridine rings is 1. The summed E-state index contributed by atoms with van der Waals surface area (Å²) in [4.78, 5) is 30.4. The molecule has 22 heavy (non-hydrogen) atoms. The number of fused-ring (bicyclic) bond motifs is 1. The number of carbonyl (C=O) groups excluding carboxylic acids is 2. The summed E-state index contributed by atoms with van der Waals surface area (Å²) in [5.41, 5.74) is 1.66. The Bertz CT molecular complexity index is 872. The van der Waals surface area contributed by atoms with E-state index in [1.807, 2.05) is 0 Å². The monoisotopic (exact) mass is 313 g/mol. The van der Waals surface area contributed by atoms with Crippen LogP contribution < -0.4 is 5.11 Å². The van der Waals surface area contributed by atoms with Crippen LogP contribution in [-0.2, 0) is 11.2 Å². The first-order valence-electron chi connectivity index (χ1n) is 6.51. The van der Waals surface area contributed by atoms with Crippen molar-refractivity contribution in [3.05, 3.63) is 64.6 Å². The molecule has 0 saturated carbocycles. The highest BCUT2D eigenvalue weighted by Gasteiger charge is 2.19. The summed E-state index contributed by atoms with van der Waals surface area (Å²) in [6.45, 7) is 0. The molecule has 0 bridgehead atoms. The molecule has 1 aromatic carbocycles. The number of aromatic amines is 1. The van der Waals surface area contributed by atoms with E-state index in [0.29, 0.717) is 27.1 Å². The number of halogens is 1. The van der Waals surface area contributed by atoms with E-state index in [4.69, 9.17) is 11.6 Å². The Morgan fingerprint density at radius 1 is 1.18 bits per heavy atom. The van der Waals surface area contributed by atoms with Crippen LogP contribution in [0.1, 0.15) is 21.6 Å². The van der Waals surface area contributed by atoms with E-state index in [0.717, 1.165) is 0 Å². The van der Waals surface area contributed by atoms with Gasteiger partial charge in [-0.2, -0.15) is 0 Å². The second kappa shape index (κ2) is 5.61. The second-order valence-electron chi connectivity index (χ2n) is 4.78. The van der Waals surface area contributed by atoms with Crippen molar-refractivity contribution in [2.45, 2.75) is 6.42 Å². The van der Waals surface area contributed by atoms with Crippen molar-refractivity contribution in [1.82, 2.24) is 9.97 Å². The third-order valence-electron chi connectivity index (χ3n) is 3.36. The maximum absolute atomic E-state index is 12.6. The van der Waals surface area contributed by atoms with Crippen LogP contribution in [-0.4, -0.2) is 21.7 Å².